The summed E-state index contributed by atoms with van der Waals surface area (Å²) in [6.07, 6.45) is 1.03. The van der Waals surface area contributed by atoms with Crippen LogP contribution in [-0.2, 0) is 9.59 Å². The first-order chi connectivity index (χ1) is 10.9. The third-order valence-corrected chi connectivity index (χ3v) is 3.55. The Morgan fingerprint density at radius 3 is 2.30 bits per heavy atom. The van der Waals surface area contributed by atoms with Crippen molar-refractivity contribution in [1.29, 1.82) is 0 Å². The molecule has 0 saturated heterocycles. The van der Waals surface area contributed by atoms with Crippen molar-refractivity contribution in [3.63, 3.8) is 0 Å². The lowest BCUT2D eigenvalue weighted by Gasteiger charge is -2.24. The molecule has 0 spiro atoms. The fraction of sp³-hybridized carbons (Fsp3) is 0.529. The molecule has 1 aromatic carbocycles. The Hall–Kier alpha value is -2.24. The highest BCUT2D eigenvalue weighted by Gasteiger charge is 2.32. The number of carboxylic acids is 1. The molecule has 128 valence electrons. The number of rotatable bonds is 10. The van der Waals surface area contributed by atoms with Crippen LogP contribution in [0.2, 0.25) is 0 Å². The van der Waals surface area contributed by atoms with Crippen LogP contribution in [0.25, 0.3) is 0 Å². The summed E-state index contributed by atoms with van der Waals surface area (Å²) in [5, 5.41) is 11.7. The predicted octanol–water partition coefficient (Wildman–Crippen LogP) is 2.61. The van der Waals surface area contributed by atoms with Crippen LogP contribution >= 0.6 is 0 Å². The molecular weight excluding hydrogens is 298 g/mol. The number of para-hydroxylation sites is 2. The molecule has 0 fully saturated rings. The first kappa shape index (κ1) is 18.8. The lowest BCUT2D eigenvalue weighted by Crippen LogP contribution is -2.51. The second-order valence-electron chi connectivity index (χ2n) is 5.37. The molecule has 0 saturated carbocycles. The molecule has 1 atom stereocenters. The molecule has 1 unspecified atom stereocenters. The summed E-state index contributed by atoms with van der Waals surface area (Å²) >= 11 is 0. The molecule has 6 heteroatoms. The number of hydrogen-bond acceptors (Lipinski definition) is 4. The molecule has 0 radical (unpaired) electrons. The van der Waals surface area contributed by atoms with E-state index in [4.69, 9.17) is 14.6 Å². The molecule has 0 aliphatic rings. The maximum Gasteiger partial charge on any atom is 0.329 e. The third-order valence-electron chi connectivity index (χ3n) is 3.55. The quantitative estimate of drug-likeness (QED) is 0.647. The van der Waals surface area contributed by atoms with Crippen molar-refractivity contribution in [2.75, 3.05) is 13.2 Å². The van der Waals surface area contributed by atoms with Gasteiger partial charge in [0.05, 0.1) is 13.2 Å². The van der Waals surface area contributed by atoms with E-state index in [2.05, 4.69) is 5.32 Å². The number of benzene rings is 1. The number of carbonyl (C=O) groups excluding carboxylic acids is 1. The number of ether oxygens (including phenoxy) is 2. The molecule has 0 aliphatic carbocycles. The Bertz CT molecular complexity index is 531. The molecule has 1 amide bonds. The first-order valence-electron chi connectivity index (χ1n) is 7.82. The monoisotopic (exact) mass is 323 g/mol. The smallest absolute Gasteiger partial charge is 0.329 e. The highest BCUT2D eigenvalue weighted by atomic mass is 16.5. The Morgan fingerprint density at radius 1 is 1.17 bits per heavy atom. The topological polar surface area (TPSA) is 84.9 Å². The van der Waals surface area contributed by atoms with Crippen molar-refractivity contribution >= 4 is 11.9 Å². The van der Waals surface area contributed by atoms with E-state index < -0.39 is 11.5 Å². The van der Waals surface area contributed by atoms with Crippen molar-refractivity contribution in [1.82, 2.24) is 5.32 Å². The zero-order chi connectivity index (χ0) is 17.3. The van der Waals surface area contributed by atoms with Crippen LogP contribution in [0.15, 0.2) is 24.3 Å². The highest BCUT2D eigenvalue weighted by molar-refractivity contribution is 5.86. The third kappa shape index (κ3) is 5.81. The van der Waals surface area contributed by atoms with Crippen LogP contribution in [0.5, 0.6) is 11.5 Å². The second kappa shape index (κ2) is 9.02. The number of carboxylic acid groups (broad SMARTS) is 1. The number of nitrogens with one attached hydrogen (secondary N) is 1. The molecule has 0 heterocycles. The van der Waals surface area contributed by atoms with E-state index in [0.717, 1.165) is 0 Å². The molecular formula is C17H25NO5. The number of carbonyl (C=O) groups is 2. The molecule has 2 N–H and O–H groups in total. The molecule has 0 aliphatic heterocycles. The van der Waals surface area contributed by atoms with Gasteiger partial charge in [0.15, 0.2) is 11.5 Å². The minimum absolute atomic E-state index is 0.208. The predicted molar refractivity (Wildman–Crippen MR) is 86.8 cm³/mol. The summed E-state index contributed by atoms with van der Waals surface area (Å²) in [7, 11) is 0. The summed E-state index contributed by atoms with van der Waals surface area (Å²) < 4.78 is 11.1. The summed E-state index contributed by atoms with van der Waals surface area (Å²) in [4.78, 5) is 23.0. The minimum atomic E-state index is -1.22. The van der Waals surface area contributed by atoms with Gasteiger partial charge in [-0.3, -0.25) is 4.79 Å². The fourth-order valence-corrected chi connectivity index (χ4v) is 1.92. The average molecular weight is 323 g/mol. The summed E-state index contributed by atoms with van der Waals surface area (Å²) in [5.41, 5.74) is -1.22. The lowest BCUT2D eigenvalue weighted by atomic mass is 9.99. The molecule has 1 aromatic rings. The zero-order valence-corrected chi connectivity index (χ0v) is 13.9. The van der Waals surface area contributed by atoms with Crippen molar-refractivity contribution in [3.05, 3.63) is 24.3 Å². The Labute approximate surface area is 136 Å². The van der Waals surface area contributed by atoms with Gasteiger partial charge in [-0.15, -0.1) is 0 Å². The number of hydrogen-bond donors (Lipinski definition) is 2. The van der Waals surface area contributed by atoms with Crippen LogP contribution in [0.4, 0.5) is 0 Å². The molecule has 0 aromatic heterocycles. The average Bonchev–Trinajstić information content (AvgIpc) is 2.53. The van der Waals surface area contributed by atoms with E-state index in [1.807, 2.05) is 31.2 Å². The molecule has 23 heavy (non-hydrogen) atoms. The fourth-order valence-electron chi connectivity index (χ4n) is 1.92. The Kier molecular flexibility index (Phi) is 7.38. The van der Waals surface area contributed by atoms with E-state index in [0.29, 0.717) is 37.6 Å². The summed E-state index contributed by atoms with van der Waals surface area (Å²) in [6, 6.07) is 7.35. The van der Waals surface area contributed by atoms with Crippen LogP contribution in [0.1, 0.15) is 40.0 Å². The Morgan fingerprint density at radius 2 is 1.78 bits per heavy atom. The van der Waals surface area contributed by atoms with E-state index >= 15 is 0 Å². The highest BCUT2D eigenvalue weighted by Crippen LogP contribution is 2.26. The largest absolute Gasteiger partial charge is 0.490 e. The van der Waals surface area contributed by atoms with Crippen LogP contribution in [-0.4, -0.2) is 35.7 Å². The maximum absolute atomic E-state index is 11.8. The van der Waals surface area contributed by atoms with Crippen LogP contribution in [0, 0.1) is 0 Å². The van der Waals surface area contributed by atoms with Gasteiger partial charge < -0.3 is 19.9 Å². The van der Waals surface area contributed by atoms with Crippen molar-refractivity contribution in [2.24, 2.45) is 0 Å². The van der Waals surface area contributed by atoms with E-state index in [-0.39, 0.29) is 12.3 Å². The standard InChI is InChI=1S/C17H25NO5/c1-4-17(3,16(20)21)18-15(19)11-8-12-23-14-10-7-6-9-13(14)22-5-2/h6-7,9-10H,4-5,8,11-12H2,1-3H3,(H,18,19)(H,20,21). The van der Waals surface area contributed by atoms with Gasteiger partial charge in [-0.2, -0.15) is 0 Å². The van der Waals surface area contributed by atoms with Crippen LogP contribution < -0.4 is 14.8 Å². The van der Waals surface area contributed by atoms with E-state index in [1.165, 1.54) is 6.92 Å². The number of aliphatic carboxylic acids is 1. The lowest BCUT2D eigenvalue weighted by molar-refractivity contribution is -0.147. The first-order valence-corrected chi connectivity index (χ1v) is 7.82. The van der Waals surface area contributed by atoms with Crippen LogP contribution in [0.3, 0.4) is 0 Å². The normalized spacial score (nSPS) is 13.0. The second-order valence-corrected chi connectivity index (χ2v) is 5.37. The molecule has 0 bridgehead atoms. The SMILES string of the molecule is CCOc1ccccc1OCCCC(=O)NC(C)(CC)C(=O)O. The summed E-state index contributed by atoms with van der Waals surface area (Å²) in [6.45, 7) is 6.03. The van der Waals surface area contributed by atoms with Gasteiger partial charge in [-0.05, 0) is 38.8 Å². The maximum atomic E-state index is 11.8. The Balaban J connectivity index is 2.40. The van der Waals surface area contributed by atoms with E-state index in [1.54, 1.807) is 6.92 Å². The van der Waals surface area contributed by atoms with Gasteiger partial charge in [0.25, 0.3) is 0 Å². The van der Waals surface area contributed by atoms with Gasteiger partial charge in [0.1, 0.15) is 5.54 Å². The number of amides is 1. The molecule has 1 rings (SSSR count). The summed E-state index contributed by atoms with van der Waals surface area (Å²) in [5.74, 6) is -0.0173. The molecule has 6 nitrogen and oxygen atoms in total. The minimum Gasteiger partial charge on any atom is -0.490 e. The van der Waals surface area contributed by atoms with Gasteiger partial charge in [0, 0.05) is 6.42 Å². The van der Waals surface area contributed by atoms with Gasteiger partial charge in [0.2, 0.25) is 5.91 Å². The van der Waals surface area contributed by atoms with Crippen molar-refractivity contribution < 1.29 is 24.2 Å². The van der Waals surface area contributed by atoms with Gasteiger partial charge in [-0.1, -0.05) is 19.1 Å². The van der Waals surface area contributed by atoms with Crippen molar-refractivity contribution in [3.8, 4) is 11.5 Å². The zero-order valence-electron chi connectivity index (χ0n) is 13.9. The van der Waals surface area contributed by atoms with Gasteiger partial charge in [-0.25, -0.2) is 4.79 Å². The van der Waals surface area contributed by atoms with E-state index in [9.17, 15) is 9.59 Å². The van der Waals surface area contributed by atoms with Crippen molar-refractivity contribution in [2.45, 2.75) is 45.6 Å². The van der Waals surface area contributed by atoms with Gasteiger partial charge >= 0.3 is 5.97 Å².